The maximum atomic E-state index is 15.7. The number of pyridine rings is 1. The molecule has 2 aromatic carbocycles. The molecular formula is C36H43FN2O5. The predicted molar refractivity (Wildman–Crippen MR) is 167 cm³/mol. The van der Waals surface area contributed by atoms with E-state index < -0.39 is 23.5 Å². The monoisotopic (exact) mass is 602 g/mol. The predicted octanol–water partition coefficient (Wildman–Crippen LogP) is 7.06. The molecule has 0 saturated heterocycles. The van der Waals surface area contributed by atoms with Gasteiger partial charge in [0.05, 0.1) is 24.4 Å². The van der Waals surface area contributed by atoms with Crippen molar-refractivity contribution < 1.29 is 28.2 Å². The molecule has 0 spiro atoms. The summed E-state index contributed by atoms with van der Waals surface area (Å²) in [6, 6.07) is 5.18. The van der Waals surface area contributed by atoms with Gasteiger partial charge in [0.15, 0.2) is 17.7 Å². The van der Waals surface area contributed by atoms with Crippen LogP contribution in [0.3, 0.4) is 0 Å². The third kappa shape index (κ3) is 5.96. The number of carbonyl (C=O) groups excluding carboxylic acids is 2. The second kappa shape index (κ2) is 12.3. The van der Waals surface area contributed by atoms with Gasteiger partial charge >= 0.3 is 5.97 Å². The summed E-state index contributed by atoms with van der Waals surface area (Å²) in [4.78, 5) is 33.4. The molecule has 0 N–H and O–H groups in total. The van der Waals surface area contributed by atoms with E-state index in [0.717, 1.165) is 51.1 Å². The van der Waals surface area contributed by atoms with E-state index in [1.54, 1.807) is 13.1 Å². The molecule has 0 aliphatic carbocycles. The minimum absolute atomic E-state index is 0.0838. The molecule has 5 rings (SSSR count). The minimum atomic E-state index is -1.03. The Bertz CT molecular complexity index is 1610. The number of aromatic nitrogens is 1. The van der Waals surface area contributed by atoms with Gasteiger partial charge in [0, 0.05) is 36.1 Å². The van der Waals surface area contributed by atoms with E-state index in [4.69, 9.17) is 14.2 Å². The number of nitrogens with zero attached hydrogens (tertiary/aromatic N) is 2. The molecular weight excluding hydrogens is 559 g/mol. The molecule has 44 heavy (non-hydrogen) atoms. The summed E-state index contributed by atoms with van der Waals surface area (Å²) in [6.45, 7) is 17.0. The number of aryl methyl sites for hydroxylation is 1. The molecule has 234 valence electrons. The number of hydrogen-bond donors (Lipinski definition) is 0. The maximum absolute atomic E-state index is 15.7. The van der Waals surface area contributed by atoms with Crippen LogP contribution in [0.5, 0.6) is 5.75 Å². The molecule has 0 fully saturated rings. The summed E-state index contributed by atoms with van der Waals surface area (Å²) < 4.78 is 33.5. The lowest BCUT2D eigenvalue weighted by Crippen LogP contribution is -2.37. The molecule has 2 aliphatic rings. The Hall–Kier alpha value is -3.78. The summed E-state index contributed by atoms with van der Waals surface area (Å²) in [5.41, 5.74) is 8.51. The lowest BCUT2D eigenvalue weighted by Gasteiger charge is -2.36. The van der Waals surface area contributed by atoms with Crippen molar-refractivity contribution in [1.29, 1.82) is 0 Å². The lowest BCUT2D eigenvalue weighted by molar-refractivity contribution is -0.166. The highest BCUT2D eigenvalue weighted by Gasteiger charge is 2.37. The molecule has 0 saturated carbocycles. The molecule has 7 nitrogen and oxygen atoms in total. The van der Waals surface area contributed by atoms with Crippen LogP contribution in [0.25, 0.3) is 11.1 Å². The van der Waals surface area contributed by atoms with E-state index in [-0.39, 0.29) is 12.5 Å². The van der Waals surface area contributed by atoms with Crippen molar-refractivity contribution in [1.82, 2.24) is 9.88 Å². The van der Waals surface area contributed by atoms with Crippen molar-refractivity contribution in [2.75, 3.05) is 19.8 Å². The summed E-state index contributed by atoms with van der Waals surface area (Å²) in [5, 5.41) is 0. The quantitative estimate of drug-likeness (QED) is 0.281. The lowest BCUT2D eigenvalue weighted by atomic mass is 9.78. The molecule has 1 unspecified atom stereocenters. The summed E-state index contributed by atoms with van der Waals surface area (Å²) in [7, 11) is 0. The van der Waals surface area contributed by atoms with Crippen LogP contribution in [0, 0.1) is 33.5 Å². The van der Waals surface area contributed by atoms with Crippen molar-refractivity contribution >= 4 is 11.9 Å². The minimum Gasteiger partial charge on any atom is -0.490 e. The van der Waals surface area contributed by atoms with Gasteiger partial charge in [-0.25, -0.2) is 9.18 Å². The van der Waals surface area contributed by atoms with Gasteiger partial charge in [-0.1, -0.05) is 0 Å². The summed E-state index contributed by atoms with van der Waals surface area (Å²) in [5.74, 6) is -0.679. The largest absolute Gasteiger partial charge is 0.490 e. The molecule has 3 aromatic rings. The molecule has 1 amide bonds. The van der Waals surface area contributed by atoms with E-state index in [1.165, 1.54) is 6.07 Å². The Morgan fingerprint density at radius 2 is 1.80 bits per heavy atom. The normalized spacial score (nSPS) is 15.2. The third-order valence-corrected chi connectivity index (χ3v) is 8.68. The highest BCUT2D eigenvalue weighted by atomic mass is 19.1. The summed E-state index contributed by atoms with van der Waals surface area (Å²) in [6.07, 6.45) is 2.71. The van der Waals surface area contributed by atoms with E-state index in [1.807, 2.05) is 65.5 Å². The molecule has 0 bridgehead atoms. The first-order valence-electron chi connectivity index (χ1n) is 15.5. The second-order valence-corrected chi connectivity index (χ2v) is 12.8. The van der Waals surface area contributed by atoms with Gasteiger partial charge in [0.25, 0.3) is 5.91 Å². The van der Waals surface area contributed by atoms with Crippen molar-refractivity contribution in [3.8, 4) is 16.9 Å². The number of esters is 1. The fourth-order valence-electron chi connectivity index (χ4n) is 6.56. The molecule has 3 heterocycles. The second-order valence-electron chi connectivity index (χ2n) is 12.8. The Labute approximate surface area is 259 Å². The average Bonchev–Trinajstić information content (AvgIpc) is 2.99. The highest BCUT2D eigenvalue weighted by molar-refractivity contribution is 5.94. The third-order valence-electron chi connectivity index (χ3n) is 8.68. The Balaban J connectivity index is 1.75. The van der Waals surface area contributed by atoms with E-state index in [0.29, 0.717) is 55.0 Å². The van der Waals surface area contributed by atoms with E-state index in [2.05, 4.69) is 4.98 Å². The van der Waals surface area contributed by atoms with Gasteiger partial charge in [0.1, 0.15) is 0 Å². The molecule has 8 heteroatoms. The number of benzene rings is 2. The SMILES string of the molecule is CCOC(=O)C(OC(C)(C)C)c1c(C)c2c(c(C)c1-c1cc(F)c3c(c1C)CCCO3)CN(C(=O)c1ccc(C)nc1)CC2. The standard InChI is InChI=1S/C36H43FN2O5/c1-9-42-35(41)33(44-36(6,7)8)31-22(4)25-14-15-39(34(40)24-13-12-20(2)38-18-24)19-28(25)23(5)30(31)27-17-29(37)32-26(21(27)3)11-10-16-43-32/h12-13,17-18,33H,9-11,14-16,19H2,1-8H3. The first-order valence-corrected chi connectivity index (χ1v) is 15.5. The number of amides is 1. The number of rotatable bonds is 6. The zero-order chi connectivity index (χ0) is 31.9. The van der Waals surface area contributed by atoms with Gasteiger partial charge in [-0.2, -0.15) is 0 Å². The van der Waals surface area contributed by atoms with Crippen LogP contribution in [-0.2, 0) is 33.7 Å². The highest BCUT2D eigenvalue weighted by Crippen LogP contribution is 2.46. The van der Waals surface area contributed by atoms with Crippen LogP contribution >= 0.6 is 0 Å². The van der Waals surface area contributed by atoms with Crippen molar-refractivity contribution in [3.63, 3.8) is 0 Å². The fraction of sp³-hybridized carbons (Fsp3) is 0.472. The zero-order valence-electron chi connectivity index (χ0n) is 27.2. The molecule has 1 aromatic heterocycles. The number of carbonyl (C=O) groups is 2. The number of hydrogen-bond acceptors (Lipinski definition) is 6. The van der Waals surface area contributed by atoms with Crippen LogP contribution in [-0.4, -0.2) is 47.1 Å². The first-order chi connectivity index (χ1) is 20.8. The smallest absolute Gasteiger partial charge is 0.339 e. The van der Waals surface area contributed by atoms with Crippen LogP contribution in [0.15, 0.2) is 24.4 Å². The van der Waals surface area contributed by atoms with Gasteiger partial charge in [-0.05, 0) is 132 Å². The topological polar surface area (TPSA) is 78.0 Å². The van der Waals surface area contributed by atoms with Gasteiger partial charge in [-0.15, -0.1) is 0 Å². The molecule has 0 radical (unpaired) electrons. The number of ether oxygens (including phenoxy) is 3. The Kier molecular flexibility index (Phi) is 8.85. The van der Waals surface area contributed by atoms with Gasteiger partial charge < -0.3 is 19.1 Å². The van der Waals surface area contributed by atoms with Crippen molar-refractivity contribution in [3.05, 3.63) is 80.4 Å². The van der Waals surface area contributed by atoms with E-state index >= 15 is 4.39 Å². The molecule has 1 atom stereocenters. The first kappa shape index (κ1) is 31.6. The van der Waals surface area contributed by atoms with Crippen molar-refractivity contribution in [2.45, 2.75) is 92.9 Å². The van der Waals surface area contributed by atoms with Crippen LogP contribution in [0.4, 0.5) is 4.39 Å². The Morgan fingerprint density at radius 1 is 1.05 bits per heavy atom. The van der Waals surface area contributed by atoms with Crippen LogP contribution in [0.1, 0.15) is 95.2 Å². The van der Waals surface area contributed by atoms with Gasteiger partial charge in [-0.3, -0.25) is 9.78 Å². The van der Waals surface area contributed by atoms with Crippen LogP contribution < -0.4 is 4.74 Å². The Morgan fingerprint density at radius 3 is 2.45 bits per heavy atom. The fourth-order valence-corrected chi connectivity index (χ4v) is 6.56. The van der Waals surface area contributed by atoms with Crippen LogP contribution in [0.2, 0.25) is 0 Å². The molecule has 2 aliphatic heterocycles. The summed E-state index contributed by atoms with van der Waals surface area (Å²) >= 11 is 0. The number of fused-ring (bicyclic) bond motifs is 2. The maximum Gasteiger partial charge on any atom is 0.339 e. The van der Waals surface area contributed by atoms with E-state index in [9.17, 15) is 9.59 Å². The number of halogens is 1. The zero-order valence-corrected chi connectivity index (χ0v) is 27.2. The van der Waals surface area contributed by atoms with Gasteiger partial charge in [0.2, 0.25) is 0 Å². The van der Waals surface area contributed by atoms with Crippen molar-refractivity contribution in [2.24, 2.45) is 0 Å². The average molecular weight is 603 g/mol.